The topological polar surface area (TPSA) is 62.5 Å². The number of allylic oxidation sites excluding steroid dienone is 1. The van der Waals surface area contributed by atoms with Gasteiger partial charge in [0.2, 0.25) is 0 Å². The number of ketones is 1. The van der Waals surface area contributed by atoms with E-state index in [1.165, 1.54) is 5.39 Å². The van der Waals surface area contributed by atoms with Crippen molar-refractivity contribution in [1.82, 2.24) is 4.57 Å². The molecule has 0 spiro atoms. The number of hydrogen-bond donors (Lipinski definition) is 2. The van der Waals surface area contributed by atoms with E-state index in [2.05, 4.69) is 22.8 Å². The van der Waals surface area contributed by atoms with Crippen LogP contribution < -0.4 is 0 Å². The Hall–Kier alpha value is -2.69. The van der Waals surface area contributed by atoms with Gasteiger partial charge in [0.25, 0.3) is 0 Å². The zero-order chi connectivity index (χ0) is 18.3. The monoisotopic (exact) mass is 347 g/mol. The van der Waals surface area contributed by atoms with Gasteiger partial charge in [-0.05, 0) is 64.8 Å². The highest BCUT2D eigenvalue weighted by Gasteiger charge is 2.23. The lowest BCUT2D eigenvalue weighted by molar-refractivity contribution is 0.102. The molecule has 3 aromatic rings. The van der Waals surface area contributed by atoms with Gasteiger partial charge in [-0.15, -0.1) is 0 Å². The van der Waals surface area contributed by atoms with Crippen molar-refractivity contribution in [2.75, 3.05) is 0 Å². The summed E-state index contributed by atoms with van der Waals surface area (Å²) < 4.78 is 2.07. The summed E-state index contributed by atoms with van der Waals surface area (Å²) in [5, 5.41) is 20.1. The van der Waals surface area contributed by atoms with Crippen LogP contribution in [0.25, 0.3) is 17.0 Å². The Kier molecular flexibility index (Phi) is 4.23. The van der Waals surface area contributed by atoms with Crippen molar-refractivity contribution in [2.24, 2.45) is 7.05 Å². The number of aliphatic hydroxyl groups is 2. The lowest BCUT2D eigenvalue weighted by Gasteiger charge is -2.20. The second-order valence-corrected chi connectivity index (χ2v) is 6.84. The summed E-state index contributed by atoms with van der Waals surface area (Å²) in [5.41, 5.74) is 5.84. The van der Waals surface area contributed by atoms with Crippen LogP contribution in [0.5, 0.6) is 0 Å². The molecule has 0 unspecified atom stereocenters. The van der Waals surface area contributed by atoms with Crippen molar-refractivity contribution < 1.29 is 15.0 Å². The Morgan fingerprint density at radius 1 is 1.04 bits per heavy atom. The van der Waals surface area contributed by atoms with Crippen molar-refractivity contribution in [3.63, 3.8) is 0 Å². The van der Waals surface area contributed by atoms with Gasteiger partial charge in [-0.2, -0.15) is 0 Å². The summed E-state index contributed by atoms with van der Waals surface area (Å²) in [6.45, 7) is -0.309. The minimum Gasteiger partial charge on any atom is -0.392 e. The normalized spacial score (nSPS) is 15.7. The third-order valence-corrected chi connectivity index (χ3v) is 5.22. The number of aliphatic hydroxyl groups excluding tert-OH is 2. The minimum absolute atomic E-state index is 0.0115. The molecule has 1 aliphatic carbocycles. The number of nitrogens with zero attached hydrogens (tertiary/aromatic N) is 1. The van der Waals surface area contributed by atoms with Crippen LogP contribution in [-0.4, -0.2) is 20.6 Å². The molecule has 0 saturated carbocycles. The van der Waals surface area contributed by atoms with Crippen LogP contribution in [0.2, 0.25) is 0 Å². The number of Topliss-reactive ketones (excluding diaryl/α,β-unsaturated/α-hetero) is 1. The summed E-state index contributed by atoms with van der Waals surface area (Å²) in [5.74, 6) is 0.0115. The van der Waals surface area contributed by atoms with E-state index in [0.717, 1.165) is 28.6 Å². The maximum absolute atomic E-state index is 13.0. The Labute approximate surface area is 152 Å². The zero-order valence-corrected chi connectivity index (χ0v) is 14.7. The van der Waals surface area contributed by atoms with Gasteiger partial charge in [0.15, 0.2) is 5.78 Å². The van der Waals surface area contributed by atoms with Gasteiger partial charge in [-0.1, -0.05) is 18.2 Å². The van der Waals surface area contributed by atoms with Crippen molar-refractivity contribution in [3.05, 3.63) is 76.0 Å². The number of aryl methyl sites for hydroxylation is 2. The number of aromatic nitrogens is 1. The Bertz CT molecular complexity index is 1040. The minimum atomic E-state index is -0.181. The molecular formula is C22H21NO3. The first-order valence-corrected chi connectivity index (χ1v) is 8.77. The molecule has 0 bridgehead atoms. The maximum Gasteiger partial charge on any atom is 0.189 e. The van der Waals surface area contributed by atoms with Gasteiger partial charge in [-0.3, -0.25) is 4.79 Å². The van der Waals surface area contributed by atoms with Gasteiger partial charge in [0, 0.05) is 29.9 Å². The van der Waals surface area contributed by atoms with E-state index in [4.69, 9.17) is 0 Å². The fourth-order valence-corrected chi connectivity index (χ4v) is 3.72. The summed E-state index contributed by atoms with van der Waals surface area (Å²) in [6, 6.07) is 11.9. The van der Waals surface area contributed by atoms with E-state index in [0.29, 0.717) is 23.1 Å². The first-order valence-electron chi connectivity index (χ1n) is 8.77. The van der Waals surface area contributed by atoms with E-state index in [-0.39, 0.29) is 19.0 Å². The van der Waals surface area contributed by atoms with E-state index in [1.807, 2.05) is 31.5 Å². The molecule has 0 radical (unpaired) electrons. The molecule has 0 aliphatic heterocycles. The molecule has 2 N–H and O–H groups in total. The summed E-state index contributed by atoms with van der Waals surface area (Å²) in [6.07, 6.45) is 5.44. The first-order chi connectivity index (χ1) is 12.6. The highest BCUT2D eigenvalue weighted by atomic mass is 16.3. The molecule has 4 heteroatoms. The number of fused-ring (bicyclic) bond motifs is 2. The average molecular weight is 347 g/mol. The third kappa shape index (κ3) is 2.77. The smallest absolute Gasteiger partial charge is 0.189 e. The number of hydrogen-bond acceptors (Lipinski definition) is 3. The predicted molar refractivity (Wildman–Crippen MR) is 102 cm³/mol. The van der Waals surface area contributed by atoms with Crippen LogP contribution in [0.15, 0.2) is 48.2 Å². The molecule has 1 aromatic heterocycles. The molecular weight excluding hydrogens is 326 g/mol. The van der Waals surface area contributed by atoms with Crippen molar-refractivity contribution in [3.8, 4) is 0 Å². The summed E-state index contributed by atoms with van der Waals surface area (Å²) in [7, 11) is 2.01. The fourth-order valence-electron chi connectivity index (χ4n) is 3.72. The lowest BCUT2D eigenvalue weighted by Crippen LogP contribution is -2.16. The SMILES string of the molecule is Cn1ccc2ccc(/C=C3\CCc4cc(CO)c(CO)cc4C3=O)cc21. The van der Waals surface area contributed by atoms with Gasteiger partial charge >= 0.3 is 0 Å². The fraction of sp³-hybridized carbons (Fsp3) is 0.227. The van der Waals surface area contributed by atoms with Crippen LogP contribution in [0.4, 0.5) is 0 Å². The van der Waals surface area contributed by atoms with Gasteiger partial charge < -0.3 is 14.8 Å². The standard InChI is InChI=1S/C22H21NO3/c1-23-7-6-15-3-2-14(9-21(15)23)8-17-5-4-16-10-18(12-24)19(13-25)11-20(16)22(17)26/h2-3,6-11,24-25H,4-5,12-13H2,1H3/b17-8+. The Morgan fingerprint density at radius 3 is 2.58 bits per heavy atom. The number of benzene rings is 2. The molecule has 0 saturated heterocycles. The molecule has 1 heterocycles. The van der Waals surface area contributed by atoms with Crippen LogP contribution in [-0.2, 0) is 26.7 Å². The van der Waals surface area contributed by atoms with Crippen molar-refractivity contribution in [2.45, 2.75) is 26.1 Å². The number of carbonyl (C=O) groups is 1. The molecule has 26 heavy (non-hydrogen) atoms. The van der Waals surface area contributed by atoms with Crippen LogP contribution >= 0.6 is 0 Å². The molecule has 0 atom stereocenters. The predicted octanol–water partition coefficient (Wildman–Crippen LogP) is 3.38. The van der Waals surface area contributed by atoms with Crippen LogP contribution in [0.3, 0.4) is 0 Å². The second-order valence-electron chi connectivity index (χ2n) is 6.84. The molecule has 2 aromatic carbocycles. The van der Waals surface area contributed by atoms with Gasteiger partial charge in [0.05, 0.1) is 13.2 Å². The van der Waals surface area contributed by atoms with E-state index >= 15 is 0 Å². The number of carbonyl (C=O) groups excluding carboxylic acids is 1. The summed E-state index contributed by atoms with van der Waals surface area (Å²) >= 11 is 0. The molecule has 4 rings (SSSR count). The second kappa shape index (κ2) is 6.56. The van der Waals surface area contributed by atoms with Crippen molar-refractivity contribution >= 4 is 22.8 Å². The van der Waals surface area contributed by atoms with Crippen LogP contribution in [0, 0.1) is 0 Å². The van der Waals surface area contributed by atoms with Crippen molar-refractivity contribution in [1.29, 1.82) is 0 Å². The number of rotatable bonds is 3. The molecule has 4 nitrogen and oxygen atoms in total. The van der Waals surface area contributed by atoms with Gasteiger partial charge in [-0.25, -0.2) is 0 Å². The largest absolute Gasteiger partial charge is 0.392 e. The highest BCUT2D eigenvalue weighted by molar-refractivity contribution is 6.13. The quantitative estimate of drug-likeness (QED) is 0.714. The van der Waals surface area contributed by atoms with Crippen LogP contribution in [0.1, 0.15) is 39.0 Å². The molecule has 0 fully saturated rings. The maximum atomic E-state index is 13.0. The highest BCUT2D eigenvalue weighted by Crippen LogP contribution is 2.30. The van der Waals surface area contributed by atoms with E-state index < -0.39 is 0 Å². The van der Waals surface area contributed by atoms with E-state index in [1.54, 1.807) is 6.07 Å². The molecule has 132 valence electrons. The van der Waals surface area contributed by atoms with Gasteiger partial charge in [0.1, 0.15) is 0 Å². The Balaban J connectivity index is 1.73. The lowest BCUT2D eigenvalue weighted by atomic mass is 9.83. The third-order valence-electron chi connectivity index (χ3n) is 5.22. The average Bonchev–Trinajstić information content (AvgIpc) is 3.03. The summed E-state index contributed by atoms with van der Waals surface area (Å²) in [4.78, 5) is 13.0. The van der Waals surface area contributed by atoms with E-state index in [9.17, 15) is 15.0 Å². The zero-order valence-electron chi connectivity index (χ0n) is 14.7. The first kappa shape index (κ1) is 16.8. The molecule has 1 aliphatic rings. The Morgan fingerprint density at radius 2 is 1.81 bits per heavy atom. The molecule has 0 amide bonds.